The third kappa shape index (κ3) is 3.46. The number of aromatic nitrogens is 3. The SMILES string of the molecule is Cc1cc(C)c2nc(C)n(Cc3ccc(NC4CCCCC4)cc3)c2n1. The molecule has 0 spiro atoms. The molecule has 2 aromatic heterocycles. The van der Waals surface area contributed by atoms with Crippen LogP contribution in [0.3, 0.4) is 0 Å². The van der Waals surface area contributed by atoms with E-state index in [0.29, 0.717) is 6.04 Å². The molecule has 0 bridgehead atoms. The lowest BCUT2D eigenvalue weighted by Crippen LogP contribution is -2.22. The van der Waals surface area contributed by atoms with Crippen molar-refractivity contribution in [1.29, 1.82) is 0 Å². The van der Waals surface area contributed by atoms with Crippen molar-refractivity contribution in [3.05, 3.63) is 53.0 Å². The molecule has 0 atom stereocenters. The van der Waals surface area contributed by atoms with Gasteiger partial charge in [-0.3, -0.25) is 0 Å². The molecule has 136 valence electrons. The van der Waals surface area contributed by atoms with Gasteiger partial charge < -0.3 is 9.88 Å². The van der Waals surface area contributed by atoms with E-state index in [0.717, 1.165) is 29.2 Å². The molecule has 1 aliphatic rings. The Kier molecular flexibility index (Phi) is 4.66. The second kappa shape index (κ2) is 7.10. The van der Waals surface area contributed by atoms with Gasteiger partial charge in [0.2, 0.25) is 0 Å². The Morgan fingerprint density at radius 1 is 1.00 bits per heavy atom. The van der Waals surface area contributed by atoms with Gasteiger partial charge in [-0.05, 0) is 62.9 Å². The number of anilines is 1. The first-order valence-corrected chi connectivity index (χ1v) is 9.77. The van der Waals surface area contributed by atoms with Crippen LogP contribution in [0.5, 0.6) is 0 Å². The van der Waals surface area contributed by atoms with Crippen molar-refractivity contribution in [3.8, 4) is 0 Å². The lowest BCUT2D eigenvalue weighted by atomic mass is 9.95. The maximum atomic E-state index is 4.74. The van der Waals surface area contributed by atoms with Crippen LogP contribution in [0.2, 0.25) is 0 Å². The van der Waals surface area contributed by atoms with Crippen LogP contribution in [0.1, 0.15) is 54.7 Å². The highest BCUT2D eigenvalue weighted by molar-refractivity contribution is 5.76. The Labute approximate surface area is 155 Å². The number of nitrogens with one attached hydrogen (secondary N) is 1. The summed E-state index contributed by atoms with van der Waals surface area (Å²) in [5, 5.41) is 3.69. The van der Waals surface area contributed by atoms with Crippen LogP contribution in [0, 0.1) is 20.8 Å². The molecule has 4 nitrogen and oxygen atoms in total. The number of nitrogens with zero attached hydrogens (tertiary/aromatic N) is 3. The molecule has 1 aromatic carbocycles. The quantitative estimate of drug-likeness (QED) is 0.709. The molecule has 0 amide bonds. The smallest absolute Gasteiger partial charge is 0.160 e. The molecule has 1 aliphatic carbocycles. The Morgan fingerprint density at radius 2 is 1.73 bits per heavy atom. The number of fused-ring (bicyclic) bond motifs is 1. The van der Waals surface area contributed by atoms with E-state index in [4.69, 9.17) is 9.97 Å². The average molecular weight is 348 g/mol. The van der Waals surface area contributed by atoms with E-state index >= 15 is 0 Å². The highest BCUT2D eigenvalue weighted by atomic mass is 15.1. The van der Waals surface area contributed by atoms with E-state index in [9.17, 15) is 0 Å². The summed E-state index contributed by atoms with van der Waals surface area (Å²) < 4.78 is 2.22. The van der Waals surface area contributed by atoms with Crippen molar-refractivity contribution in [1.82, 2.24) is 14.5 Å². The van der Waals surface area contributed by atoms with Crippen molar-refractivity contribution in [2.45, 2.75) is 65.5 Å². The van der Waals surface area contributed by atoms with Crippen LogP contribution in [0.15, 0.2) is 30.3 Å². The number of benzene rings is 1. The topological polar surface area (TPSA) is 42.7 Å². The van der Waals surface area contributed by atoms with E-state index < -0.39 is 0 Å². The Hall–Kier alpha value is -2.36. The zero-order valence-corrected chi connectivity index (χ0v) is 16.0. The van der Waals surface area contributed by atoms with Crippen molar-refractivity contribution in [2.75, 3.05) is 5.32 Å². The van der Waals surface area contributed by atoms with Crippen molar-refractivity contribution >= 4 is 16.9 Å². The largest absolute Gasteiger partial charge is 0.382 e. The molecular formula is C22H28N4. The predicted octanol–water partition coefficient (Wildman–Crippen LogP) is 5.15. The van der Waals surface area contributed by atoms with E-state index in [1.54, 1.807) is 0 Å². The van der Waals surface area contributed by atoms with Gasteiger partial charge in [-0.1, -0.05) is 31.4 Å². The molecule has 0 unspecified atom stereocenters. The van der Waals surface area contributed by atoms with Gasteiger partial charge >= 0.3 is 0 Å². The molecule has 0 saturated heterocycles. The van der Waals surface area contributed by atoms with Gasteiger partial charge in [-0.15, -0.1) is 0 Å². The zero-order valence-electron chi connectivity index (χ0n) is 16.0. The van der Waals surface area contributed by atoms with Gasteiger partial charge in [-0.25, -0.2) is 9.97 Å². The molecule has 4 heteroatoms. The second-order valence-electron chi connectivity index (χ2n) is 7.67. The van der Waals surface area contributed by atoms with Crippen LogP contribution < -0.4 is 5.32 Å². The van der Waals surface area contributed by atoms with Gasteiger partial charge in [0.05, 0.1) is 6.54 Å². The van der Waals surface area contributed by atoms with Crippen LogP contribution in [-0.2, 0) is 6.54 Å². The fourth-order valence-corrected chi connectivity index (χ4v) is 4.07. The fourth-order valence-electron chi connectivity index (χ4n) is 4.07. The first kappa shape index (κ1) is 17.1. The fraction of sp³-hybridized carbons (Fsp3) is 0.455. The number of hydrogen-bond donors (Lipinski definition) is 1. The molecular weight excluding hydrogens is 320 g/mol. The summed E-state index contributed by atoms with van der Waals surface area (Å²) in [5.74, 6) is 1.02. The van der Waals surface area contributed by atoms with Crippen molar-refractivity contribution in [3.63, 3.8) is 0 Å². The lowest BCUT2D eigenvalue weighted by molar-refractivity contribution is 0.463. The number of rotatable bonds is 4. The standard InChI is InChI=1S/C22H28N4/c1-15-13-16(2)23-22-21(15)24-17(3)26(22)14-18-9-11-20(12-10-18)25-19-7-5-4-6-8-19/h9-13,19,25H,4-8,14H2,1-3H3. The van der Waals surface area contributed by atoms with Gasteiger partial charge in [0.1, 0.15) is 11.3 Å². The highest BCUT2D eigenvalue weighted by Gasteiger charge is 2.14. The Balaban J connectivity index is 1.54. The zero-order chi connectivity index (χ0) is 18.1. The van der Waals surface area contributed by atoms with Crippen LogP contribution in [0.25, 0.3) is 11.2 Å². The van der Waals surface area contributed by atoms with Gasteiger partial charge in [-0.2, -0.15) is 0 Å². The van der Waals surface area contributed by atoms with Crippen molar-refractivity contribution in [2.24, 2.45) is 0 Å². The predicted molar refractivity (Wildman–Crippen MR) is 108 cm³/mol. The lowest BCUT2D eigenvalue weighted by Gasteiger charge is -2.24. The monoisotopic (exact) mass is 348 g/mol. The molecule has 4 rings (SSSR count). The molecule has 3 aromatic rings. The number of hydrogen-bond acceptors (Lipinski definition) is 3. The summed E-state index contributed by atoms with van der Waals surface area (Å²) in [6.07, 6.45) is 6.70. The van der Waals surface area contributed by atoms with E-state index in [-0.39, 0.29) is 0 Å². The second-order valence-corrected chi connectivity index (χ2v) is 7.67. The summed E-state index contributed by atoms with van der Waals surface area (Å²) in [4.78, 5) is 9.47. The summed E-state index contributed by atoms with van der Waals surface area (Å²) >= 11 is 0. The van der Waals surface area contributed by atoms with Crippen LogP contribution in [-0.4, -0.2) is 20.6 Å². The molecule has 1 saturated carbocycles. The average Bonchev–Trinajstić information content (AvgIpc) is 2.94. The summed E-state index contributed by atoms with van der Waals surface area (Å²) in [6.45, 7) is 7.03. The number of pyridine rings is 1. The van der Waals surface area contributed by atoms with Crippen molar-refractivity contribution < 1.29 is 0 Å². The third-order valence-electron chi connectivity index (χ3n) is 5.48. The first-order valence-electron chi connectivity index (χ1n) is 9.77. The number of aryl methyl sites for hydroxylation is 3. The normalized spacial score (nSPS) is 15.5. The maximum absolute atomic E-state index is 4.74. The molecule has 0 radical (unpaired) electrons. The van der Waals surface area contributed by atoms with Crippen LogP contribution in [0.4, 0.5) is 5.69 Å². The van der Waals surface area contributed by atoms with E-state index in [2.05, 4.69) is 54.1 Å². The highest BCUT2D eigenvalue weighted by Crippen LogP contribution is 2.23. The molecule has 1 N–H and O–H groups in total. The summed E-state index contributed by atoms with van der Waals surface area (Å²) in [7, 11) is 0. The number of imidazole rings is 1. The summed E-state index contributed by atoms with van der Waals surface area (Å²) in [6, 6.07) is 11.6. The first-order chi connectivity index (χ1) is 12.6. The Bertz CT molecular complexity index is 902. The minimum absolute atomic E-state index is 0.643. The molecule has 2 heterocycles. The van der Waals surface area contributed by atoms with Gasteiger partial charge in [0.25, 0.3) is 0 Å². The minimum atomic E-state index is 0.643. The molecule has 26 heavy (non-hydrogen) atoms. The maximum Gasteiger partial charge on any atom is 0.160 e. The summed E-state index contributed by atoms with van der Waals surface area (Å²) in [5.41, 5.74) is 6.76. The Morgan fingerprint density at radius 3 is 2.46 bits per heavy atom. The molecule has 1 fully saturated rings. The van der Waals surface area contributed by atoms with Gasteiger partial charge in [0.15, 0.2) is 5.65 Å². The van der Waals surface area contributed by atoms with E-state index in [1.807, 2.05) is 6.92 Å². The van der Waals surface area contributed by atoms with E-state index in [1.165, 1.54) is 48.9 Å². The minimum Gasteiger partial charge on any atom is -0.382 e. The third-order valence-corrected chi connectivity index (χ3v) is 5.48. The van der Waals surface area contributed by atoms with Gasteiger partial charge in [0, 0.05) is 17.4 Å². The molecule has 0 aliphatic heterocycles. The van der Waals surface area contributed by atoms with Crippen LogP contribution >= 0.6 is 0 Å².